The summed E-state index contributed by atoms with van der Waals surface area (Å²) in [4.78, 5) is 14.0. The molecule has 1 fully saturated rings. The van der Waals surface area contributed by atoms with Gasteiger partial charge in [0.25, 0.3) is 0 Å². The molecule has 0 N–H and O–H groups in total. The molecule has 7 heteroatoms. The van der Waals surface area contributed by atoms with Gasteiger partial charge in [-0.25, -0.2) is 18.3 Å². The molecule has 1 saturated heterocycles. The minimum atomic E-state index is -0.654. The van der Waals surface area contributed by atoms with Crippen molar-refractivity contribution in [2.24, 2.45) is 5.92 Å². The molecule has 2 atom stereocenters. The van der Waals surface area contributed by atoms with E-state index in [1.165, 1.54) is 16.8 Å². The summed E-state index contributed by atoms with van der Waals surface area (Å²) in [7, 11) is 0. The Labute approximate surface area is 157 Å². The maximum absolute atomic E-state index is 14.2. The topological polar surface area (TPSA) is 47.4 Å². The second-order valence-electron chi connectivity index (χ2n) is 8.06. The molecule has 1 aromatic heterocycles. The number of amides is 1. The molecule has 0 saturated carbocycles. The van der Waals surface area contributed by atoms with Crippen molar-refractivity contribution in [3.05, 3.63) is 47.8 Å². The van der Waals surface area contributed by atoms with Crippen LogP contribution in [0.1, 0.15) is 45.7 Å². The molecule has 1 aliphatic rings. The number of benzene rings is 1. The van der Waals surface area contributed by atoms with Gasteiger partial charge in [-0.2, -0.15) is 5.10 Å². The average molecular weight is 377 g/mol. The first-order valence-corrected chi connectivity index (χ1v) is 9.13. The van der Waals surface area contributed by atoms with E-state index in [9.17, 15) is 13.6 Å². The Morgan fingerprint density at radius 2 is 2.00 bits per heavy atom. The van der Waals surface area contributed by atoms with Crippen LogP contribution in [0.2, 0.25) is 0 Å². The van der Waals surface area contributed by atoms with Crippen LogP contribution in [0.15, 0.2) is 30.5 Å². The fraction of sp³-hybridized carbons (Fsp3) is 0.500. The lowest BCUT2D eigenvalue weighted by Crippen LogP contribution is -2.44. The van der Waals surface area contributed by atoms with Gasteiger partial charge in [0.05, 0.1) is 0 Å². The quantitative estimate of drug-likeness (QED) is 0.774. The number of piperidine rings is 1. The van der Waals surface area contributed by atoms with E-state index in [-0.39, 0.29) is 23.6 Å². The van der Waals surface area contributed by atoms with Crippen molar-refractivity contribution in [2.45, 2.75) is 45.6 Å². The van der Waals surface area contributed by atoms with Crippen molar-refractivity contribution in [3.8, 4) is 5.69 Å². The third-order valence-electron chi connectivity index (χ3n) is 4.75. The van der Waals surface area contributed by atoms with E-state index >= 15 is 0 Å². The molecule has 5 nitrogen and oxygen atoms in total. The lowest BCUT2D eigenvalue weighted by molar-refractivity contribution is 0.0153. The van der Waals surface area contributed by atoms with Gasteiger partial charge in [-0.3, -0.25) is 0 Å². The van der Waals surface area contributed by atoms with Crippen LogP contribution in [0.4, 0.5) is 13.6 Å². The molecule has 0 radical (unpaired) electrons. The molecule has 3 rings (SSSR count). The number of hydrogen-bond acceptors (Lipinski definition) is 3. The first-order valence-electron chi connectivity index (χ1n) is 9.13. The molecule has 2 aromatic rings. The number of halogens is 2. The van der Waals surface area contributed by atoms with Gasteiger partial charge < -0.3 is 9.64 Å². The highest BCUT2D eigenvalue weighted by Crippen LogP contribution is 2.34. The van der Waals surface area contributed by atoms with Gasteiger partial charge in [0.1, 0.15) is 17.1 Å². The average Bonchev–Trinajstić information content (AvgIpc) is 3.02. The first-order chi connectivity index (χ1) is 12.7. The Balaban J connectivity index is 1.78. The monoisotopic (exact) mass is 377 g/mol. The van der Waals surface area contributed by atoms with Gasteiger partial charge in [-0.1, -0.05) is 6.92 Å². The van der Waals surface area contributed by atoms with Crippen molar-refractivity contribution in [1.29, 1.82) is 0 Å². The van der Waals surface area contributed by atoms with E-state index in [0.717, 1.165) is 18.2 Å². The van der Waals surface area contributed by atoms with Gasteiger partial charge in [-0.05, 0) is 51.3 Å². The predicted molar refractivity (Wildman–Crippen MR) is 97.8 cm³/mol. The summed E-state index contributed by atoms with van der Waals surface area (Å²) < 4.78 is 34.4. The maximum atomic E-state index is 14.2. The number of ether oxygens (including phenoxy) is 1. The number of aromatic nitrogens is 2. The molecule has 2 heterocycles. The van der Waals surface area contributed by atoms with Crippen molar-refractivity contribution in [3.63, 3.8) is 0 Å². The number of likely N-dealkylation sites (tertiary alicyclic amines) is 1. The minimum absolute atomic E-state index is 0.107. The normalized spacial score (nSPS) is 20.6. The van der Waals surface area contributed by atoms with Crippen molar-refractivity contribution >= 4 is 6.09 Å². The zero-order chi connectivity index (χ0) is 19.8. The van der Waals surface area contributed by atoms with Crippen molar-refractivity contribution in [1.82, 2.24) is 14.7 Å². The van der Waals surface area contributed by atoms with Crippen LogP contribution < -0.4 is 0 Å². The van der Waals surface area contributed by atoms with Gasteiger partial charge in [-0.15, -0.1) is 0 Å². The zero-order valence-electron chi connectivity index (χ0n) is 16.1. The molecular formula is C20H25F2N3O2. The molecule has 0 bridgehead atoms. The van der Waals surface area contributed by atoms with E-state index in [2.05, 4.69) is 12.0 Å². The summed E-state index contributed by atoms with van der Waals surface area (Å²) in [5, 5.41) is 4.24. The molecule has 27 heavy (non-hydrogen) atoms. The number of carbonyl (C=O) groups excluding carboxylic acids is 1. The molecule has 0 aliphatic carbocycles. The lowest BCUT2D eigenvalue weighted by Gasteiger charge is -2.37. The number of hydrogen-bond donors (Lipinski definition) is 0. The second-order valence-corrected chi connectivity index (χ2v) is 8.06. The fourth-order valence-electron chi connectivity index (χ4n) is 3.53. The zero-order valence-corrected chi connectivity index (χ0v) is 16.1. The fourth-order valence-corrected chi connectivity index (χ4v) is 3.53. The molecule has 1 aromatic carbocycles. The smallest absolute Gasteiger partial charge is 0.410 e. The largest absolute Gasteiger partial charge is 0.444 e. The number of carbonyl (C=O) groups is 1. The Bertz CT molecular complexity index is 829. The van der Waals surface area contributed by atoms with Gasteiger partial charge in [0.15, 0.2) is 5.82 Å². The third kappa shape index (κ3) is 4.28. The highest BCUT2D eigenvalue weighted by Gasteiger charge is 2.33. The Morgan fingerprint density at radius 1 is 1.26 bits per heavy atom. The summed E-state index contributed by atoms with van der Waals surface area (Å²) in [5.41, 5.74) is 0.547. The lowest BCUT2D eigenvalue weighted by atomic mass is 9.84. The standard InChI is InChI=1S/C20H25F2N3O2/c1-13-12-24(19(26)27-20(2,3)4)10-8-15(13)17-7-9-23-25(17)18-6-5-14(21)11-16(18)22/h5-7,9,11,13,15H,8,10,12H2,1-4H3/t13-,15+/m1/s1. The summed E-state index contributed by atoms with van der Waals surface area (Å²) in [5.74, 6) is -1.02. The summed E-state index contributed by atoms with van der Waals surface area (Å²) in [6.07, 6.45) is 2.02. The van der Waals surface area contributed by atoms with Crippen LogP contribution in [-0.4, -0.2) is 39.5 Å². The number of nitrogens with zero attached hydrogens (tertiary/aromatic N) is 3. The Kier molecular flexibility index (Phi) is 5.22. The highest BCUT2D eigenvalue weighted by atomic mass is 19.1. The van der Waals surface area contributed by atoms with Gasteiger partial charge in [0, 0.05) is 37.0 Å². The third-order valence-corrected chi connectivity index (χ3v) is 4.75. The van der Waals surface area contributed by atoms with E-state index < -0.39 is 17.2 Å². The molecule has 1 amide bonds. The van der Waals surface area contributed by atoms with Gasteiger partial charge in [0.2, 0.25) is 0 Å². The predicted octanol–water partition coefficient (Wildman–Crippen LogP) is 4.51. The first kappa shape index (κ1) is 19.3. The minimum Gasteiger partial charge on any atom is -0.444 e. The Morgan fingerprint density at radius 3 is 2.63 bits per heavy atom. The van der Waals surface area contributed by atoms with Crippen LogP contribution in [0.25, 0.3) is 5.69 Å². The molecule has 1 aliphatic heterocycles. The summed E-state index contributed by atoms with van der Waals surface area (Å²) in [6, 6.07) is 5.32. The van der Waals surface area contributed by atoms with Crippen LogP contribution >= 0.6 is 0 Å². The van der Waals surface area contributed by atoms with E-state index in [1.807, 2.05) is 26.8 Å². The SMILES string of the molecule is C[C@@H]1CN(C(=O)OC(C)(C)C)CC[C@@H]1c1ccnn1-c1ccc(F)cc1F. The summed E-state index contributed by atoms with van der Waals surface area (Å²) >= 11 is 0. The molecule has 0 unspecified atom stereocenters. The second kappa shape index (κ2) is 7.29. The molecule has 146 valence electrons. The van der Waals surface area contributed by atoms with E-state index in [4.69, 9.17) is 4.74 Å². The maximum Gasteiger partial charge on any atom is 0.410 e. The van der Waals surface area contributed by atoms with Crippen molar-refractivity contribution in [2.75, 3.05) is 13.1 Å². The van der Waals surface area contributed by atoms with Crippen LogP contribution in [0, 0.1) is 17.6 Å². The van der Waals surface area contributed by atoms with Gasteiger partial charge >= 0.3 is 6.09 Å². The van der Waals surface area contributed by atoms with E-state index in [0.29, 0.717) is 13.1 Å². The summed E-state index contributed by atoms with van der Waals surface area (Å²) in [6.45, 7) is 8.70. The molecular weight excluding hydrogens is 352 g/mol. The Hall–Kier alpha value is -2.44. The number of rotatable bonds is 2. The highest BCUT2D eigenvalue weighted by molar-refractivity contribution is 5.68. The van der Waals surface area contributed by atoms with Crippen LogP contribution in [-0.2, 0) is 4.74 Å². The van der Waals surface area contributed by atoms with E-state index in [1.54, 1.807) is 11.1 Å². The van der Waals surface area contributed by atoms with Crippen molar-refractivity contribution < 1.29 is 18.3 Å². The molecule has 0 spiro atoms. The van der Waals surface area contributed by atoms with Crippen LogP contribution in [0.5, 0.6) is 0 Å². The van der Waals surface area contributed by atoms with Crippen LogP contribution in [0.3, 0.4) is 0 Å².